The molecule has 42 heavy (non-hydrogen) atoms. The van der Waals surface area contributed by atoms with Gasteiger partial charge in [-0.3, -0.25) is 19.1 Å². The predicted molar refractivity (Wildman–Crippen MR) is 154 cm³/mol. The topological polar surface area (TPSA) is 173 Å². The van der Waals surface area contributed by atoms with Crippen LogP contribution in [0.4, 0.5) is 21.6 Å². The van der Waals surface area contributed by atoms with Crippen LogP contribution in [0, 0.1) is 11.7 Å². The summed E-state index contributed by atoms with van der Waals surface area (Å²) >= 11 is 0. The molecule has 0 aliphatic heterocycles. The molecule has 2 heterocycles. The second-order valence-electron chi connectivity index (χ2n) is 9.67. The van der Waals surface area contributed by atoms with Gasteiger partial charge in [-0.05, 0) is 25.0 Å². The van der Waals surface area contributed by atoms with Crippen LogP contribution in [0.2, 0.25) is 0 Å². The first kappa shape index (κ1) is 30.6. The molecule has 0 bridgehead atoms. The Morgan fingerprint density at radius 2 is 1.79 bits per heavy atom. The van der Waals surface area contributed by atoms with Crippen molar-refractivity contribution >= 4 is 68.5 Å². The van der Waals surface area contributed by atoms with Gasteiger partial charge in [0.25, 0.3) is 11.8 Å². The highest BCUT2D eigenvalue weighted by Gasteiger charge is 2.30. The van der Waals surface area contributed by atoms with Crippen molar-refractivity contribution in [3.63, 3.8) is 0 Å². The van der Waals surface area contributed by atoms with Crippen molar-refractivity contribution in [1.82, 2.24) is 24.8 Å². The fourth-order valence-electron chi connectivity index (χ4n) is 3.92. The molecule has 4 rings (SSSR count). The molecule has 18 heteroatoms. The maximum absolute atomic E-state index is 15.0. The molecule has 0 atom stereocenters. The van der Waals surface area contributed by atoms with Gasteiger partial charge >= 0.3 is 0 Å². The van der Waals surface area contributed by atoms with Gasteiger partial charge in [0.05, 0.1) is 59.5 Å². The number of pyridine rings is 1. The number of sulfonamides is 1. The zero-order valence-corrected chi connectivity index (χ0v) is 23.5. The maximum atomic E-state index is 15.0. The normalized spacial score (nSPS) is 13.2. The molecule has 3 aromatic rings. The number of nitrogens with zero attached hydrogens (tertiary/aromatic N) is 3. The van der Waals surface area contributed by atoms with Crippen molar-refractivity contribution in [3.05, 3.63) is 47.5 Å². The molecular weight excluding hydrogens is 566 g/mol. The summed E-state index contributed by atoms with van der Waals surface area (Å²) in [6.45, 7) is 0. The number of nitrogens with one attached hydrogen (secondary N) is 4. The first-order chi connectivity index (χ1) is 19.5. The van der Waals surface area contributed by atoms with Crippen LogP contribution in [0.5, 0.6) is 5.75 Å². The Kier molecular flexibility index (Phi) is 8.39. The van der Waals surface area contributed by atoms with Gasteiger partial charge in [-0.25, -0.2) is 22.5 Å². The summed E-state index contributed by atoms with van der Waals surface area (Å²) in [6, 6.07) is 4.77. The van der Waals surface area contributed by atoms with Crippen molar-refractivity contribution in [1.29, 1.82) is 0 Å². The lowest BCUT2D eigenvalue weighted by molar-refractivity contribution is -0.117. The van der Waals surface area contributed by atoms with E-state index in [-0.39, 0.29) is 57.3 Å². The van der Waals surface area contributed by atoms with Gasteiger partial charge in [-0.15, -0.1) is 0 Å². The number of hydrogen-bond acceptors (Lipinski definition) is 9. The van der Waals surface area contributed by atoms with E-state index in [1.807, 2.05) is 4.72 Å². The number of methoxy groups -OCH3 is 1. The van der Waals surface area contributed by atoms with Crippen LogP contribution in [0.1, 0.15) is 33.7 Å². The van der Waals surface area contributed by atoms with E-state index in [4.69, 9.17) is 28.3 Å². The first-order valence-electron chi connectivity index (χ1n) is 12.3. The Balaban J connectivity index is 1.77. The third kappa shape index (κ3) is 7.49. The number of anilines is 3. The van der Waals surface area contributed by atoms with Crippen LogP contribution in [-0.4, -0.2) is 83.0 Å². The second kappa shape index (κ2) is 11.5. The molecule has 2 aromatic heterocycles. The first-order valence-corrected chi connectivity index (χ1v) is 14.1. The highest BCUT2D eigenvalue weighted by molar-refractivity contribution is 7.89. The fraction of sp³-hybridized carbons (Fsp3) is 0.292. The monoisotopic (exact) mass is 589 g/mol. The Labute approximate surface area is 244 Å². The van der Waals surface area contributed by atoms with Crippen LogP contribution in [0.25, 0.3) is 11.3 Å². The van der Waals surface area contributed by atoms with E-state index >= 15 is 0 Å². The minimum atomic E-state index is -3.86. The summed E-state index contributed by atoms with van der Waals surface area (Å²) in [5.74, 6) is -2.77. The third-order valence-corrected chi connectivity index (χ3v) is 6.43. The summed E-state index contributed by atoms with van der Waals surface area (Å²) in [7, 11) is 15.4. The number of hydrogen-bond donors (Lipinski definition) is 4. The Morgan fingerprint density at radius 3 is 2.38 bits per heavy atom. The largest absolute Gasteiger partial charge is 0.494 e. The number of benzene rings is 1. The molecule has 13 nitrogen and oxygen atoms in total. The van der Waals surface area contributed by atoms with Crippen molar-refractivity contribution in [2.75, 3.05) is 24.0 Å². The van der Waals surface area contributed by atoms with E-state index in [1.165, 1.54) is 26.3 Å². The van der Waals surface area contributed by atoms with Crippen LogP contribution >= 0.6 is 0 Å². The summed E-state index contributed by atoms with van der Waals surface area (Å²) in [5, 5.41) is 9.90. The van der Waals surface area contributed by atoms with Crippen molar-refractivity contribution in [2.24, 2.45) is 13.0 Å². The molecular formula is C24H23B3FN7O6S. The van der Waals surface area contributed by atoms with Crippen LogP contribution in [0.15, 0.2) is 30.5 Å². The number of carbonyl (C=O) groups excluding carboxylic acids is 3. The van der Waals surface area contributed by atoms with E-state index in [0.29, 0.717) is 0 Å². The SMILES string of the molecule is [B]C([B])([B])NC(=O)c1cnc(NC(=O)C2CC2)cc1Nc1cc(F)cc(-c2cc(C(=O)NS(C)(=O)=O)n(C)n2)c1OC. The van der Waals surface area contributed by atoms with Crippen molar-refractivity contribution in [2.45, 2.75) is 18.1 Å². The average molecular weight is 589 g/mol. The van der Waals surface area contributed by atoms with E-state index in [1.54, 1.807) is 0 Å². The molecule has 3 amide bonds. The van der Waals surface area contributed by atoms with E-state index in [9.17, 15) is 27.2 Å². The minimum Gasteiger partial charge on any atom is -0.494 e. The molecule has 0 saturated heterocycles. The summed E-state index contributed by atoms with van der Waals surface area (Å²) in [4.78, 5) is 41.8. The number of ether oxygens (including phenoxy) is 1. The average Bonchev–Trinajstić information content (AvgIpc) is 3.63. The zero-order chi connectivity index (χ0) is 31.0. The number of amides is 3. The number of carbonyl (C=O) groups is 3. The smallest absolute Gasteiger partial charge is 0.282 e. The standard InChI is InChI=1S/C24H23B3FN7O6S/c1-35-18(23(38)34-42(3,39)40)8-16(33-35)13-6-12(28)7-17(20(13)41-2)30-15-9-19(31-21(36)11-4-5-11)29-10-14(15)22(37)32-24(25,26)27/h6-11H,4-5H2,1-3H3,(H,32,37)(H,34,38)(H2,29,30,31,36). The molecule has 0 spiro atoms. The molecule has 4 N–H and O–H groups in total. The summed E-state index contributed by atoms with van der Waals surface area (Å²) < 4.78 is 46.5. The van der Waals surface area contributed by atoms with Gasteiger partial charge < -0.3 is 20.7 Å². The van der Waals surface area contributed by atoms with Gasteiger partial charge in [-0.2, -0.15) is 5.10 Å². The Morgan fingerprint density at radius 1 is 1.10 bits per heavy atom. The molecule has 1 aliphatic rings. The Bertz CT molecular complexity index is 1690. The van der Waals surface area contributed by atoms with Crippen LogP contribution in [-0.2, 0) is 21.9 Å². The van der Waals surface area contributed by atoms with Crippen molar-refractivity contribution in [3.8, 4) is 17.0 Å². The molecule has 1 saturated carbocycles. The number of rotatable bonds is 10. The lowest BCUT2D eigenvalue weighted by Gasteiger charge is -2.23. The van der Waals surface area contributed by atoms with Crippen LogP contribution < -0.4 is 25.4 Å². The van der Waals surface area contributed by atoms with Gasteiger partial charge in [0, 0.05) is 36.9 Å². The van der Waals surface area contributed by atoms with Gasteiger partial charge in [-0.1, -0.05) is 5.24 Å². The minimum absolute atomic E-state index is 0.0134. The molecule has 6 radical (unpaired) electrons. The molecule has 212 valence electrons. The third-order valence-electron chi connectivity index (χ3n) is 5.87. The van der Waals surface area contributed by atoms with Gasteiger partial charge in [0.2, 0.25) is 15.9 Å². The predicted octanol–water partition coefficient (Wildman–Crippen LogP) is 0.258. The lowest BCUT2D eigenvalue weighted by atomic mass is 9.49. The number of aryl methyl sites for hydroxylation is 1. The number of halogens is 1. The molecule has 0 unspecified atom stereocenters. The van der Waals surface area contributed by atoms with E-state index in [2.05, 4.69) is 26.0 Å². The highest BCUT2D eigenvalue weighted by atomic mass is 32.2. The second-order valence-corrected chi connectivity index (χ2v) is 11.4. The van der Waals surface area contributed by atoms with E-state index < -0.39 is 32.9 Å². The maximum Gasteiger partial charge on any atom is 0.282 e. The lowest BCUT2D eigenvalue weighted by Crippen LogP contribution is -2.50. The zero-order valence-electron chi connectivity index (χ0n) is 22.7. The molecule has 1 fully saturated rings. The fourth-order valence-corrected chi connectivity index (χ4v) is 4.36. The van der Waals surface area contributed by atoms with Crippen molar-refractivity contribution < 1.29 is 31.9 Å². The summed E-state index contributed by atoms with van der Waals surface area (Å²) in [5.41, 5.74) is -0.0349. The summed E-state index contributed by atoms with van der Waals surface area (Å²) in [6.07, 6.45) is 3.46. The van der Waals surface area contributed by atoms with Gasteiger partial charge in [0.15, 0.2) is 5.75 Å². The number of aromatic nitrogens is 3. The molecule has 1 aliphatic carbocycles. The van der Waals surface area contributed by atoms with Gasteiger partial charge in [0.1, 0.15) is 17.3 Å². The molecule has 1 aromatic carbocycles. The highest BCUT2D eigenvalue weighted by Crippen LogP contribution is 2.39. The van der Waals surface area contributed by atoms with E-state index in [0.717, 1.165) is 42.1 Å². The van der Waals surface area contributed by atoms with Crippen LogP contribution in [0.3, 0.4) is 0 Å². The quantitative estimate of drug-likeness (QED) is 0.242. The Hall–Kier alpha value is -4.34.